The van der Waals surface area contributed by atoms with Crippen molar-refractivity contribution in [2.24, 2.45) is 0 Å². The molecule has 1 unspecified atom stereocenters. The normalized spacial score (nSPS) is 20.5. The molecule has 0 bridgehead atoms. The fourth-order valence-corrected chi connectivity index (χ4v) is 1.51. The van der Waals surface area contributed by atoms with Crippen molar-refractivity contribution >= 4 is 6.09 Å². The van der Waals surface area contributed by atoms with E-state index in [0.29, 0.717) is 6.54 Å². The summed E-state index contributed by atoms with van der Waals surface area (Å²) in [6.45, 7) is 2.71. The number of carbonyl (C=O) groups is 1. The van der Waals surface area contributed by atoms with E-state index >= 15 is 0 Å². The van der Waals surface area contributed by atoms with Crippen LogP contribution in [0.2, 0.25) is 0 Å². The molecular weight excluding hydrogens is 190 g/mol. The maximum atomic E-state index is 11.3. The lowest BCUT2D eigenvalue weighted by molar-refractivity contribution is 0.0871. The van der Waals surface area contributed by atoms with Gasteiger partial charge in [-0.1, -0.05) is 6.92 Å². The molecule has 1 atom stereocenters. The zero-order valence-corrected chi connectivity index (χ0v) is 9.34. The summed E-state index contributed by atoms with van der Waals surface area (Å²) in [6.07, 6.45) is 5.30. The highest BCUT2D eigenvalue weighted by molar-refractivity contribution is 5.67. The summed E-state index contributed by atoms with van der Waals surface area (Å²) in [5, 5.41) is 2.72. The summed E-state index contributed by atoms with van der Waals surface area (Å²) in [5.74, 6) is 6.16. The molecule has 15 heavy (non-hydrogen) atoms. The van der Waals surface area contributed by atoms with Crippen LogP contribution in [0.4, 0.5) is 4.79 Å². The summed E-state index contributed by atoms with van der Waals surface area (Å²) >= 11 is 0. The molecule has 1 N–H and O–H groups in total. The molecule has 1 aliphatic carbocycles. The highest BCUT2D eigenvalue weighted by atomic mass is 16.6. The highest BCUT2D eigenvalue weighted by Crippen LogP contribution is 2.13. The molecule has 1 aliphatic rings. The third-order valence-electron chi connectivity index (χ3n) is 2.34. The van der Waals surface area contributed by atoms with Crippen LogP contribution < -0.4 is 5.32 Å². The fourth-order valence-electron chi connectivity index (χ4n) is 1.51. The van der Waals surface area contributed by atoms with Gasteiger partial charge in [-0.15, -0.1) is 11.8 Å². The molecule has 0 saturated carbocycles. The Hall–Kier alpha value is -1.17. The van der Waals surface area contributed by atoms with Crippen LogP contribution in [0.1, 0.15) is 45.4 Å². The van der Waals surface area contributed by atoms with Crippen molar-refractivity contribution in [2.45, 2.75) is 51.6 Å². The quantitative estimate of drug-likeness (QED) is 0.725. The number of alkyl carbamates (subject to hydrolysis) is 1. The van der Waals surface area contributed by atoms with Gasteiger partial charge in [-0.25, -0.2) is 4.79 Å². The first-order valence-electron chi connectivity index (χ1n) is 5.73. The molecule has 3 nitrogen and oxygen atoms in total. The van der Waals surface area contributed by atoms with Crippen LogP contribution in [-0.2, 0) is 4.74 Å². The Morgan fingerprint density at radius 1 is 1.40 bits per heavy atom. The van der Waals surface area contributed by atoms with Crippen molar-refractivity contribution in [1.82, 2.24) is 5.32 Å². The van der Waals surface area contributed by atoms with Crippen LogP contribution in [-0.4, -0.2) is 18.7 Å². The average Bonchev–Trinajstić information content (AvgIpc) is 2.19. The summed E-state index contributed by atoms with van der Waals surface area (Å²) < 4.78 is 5.31. The topological polar surface area (TPSA) is 38.3 Å². The molecule has 0 radical (unpaired) electrons. The van der Waals surface area contributed by atoms with Crippen LogP contribution in [0.15, 0.2) is 0 Å². The van der Waals surface area contributed by atoms with Crippen molar-refractivity contribution in [3.8, 4) is 11.8 Å². The Balaban J connectivity index is 2.24. The van der Waals surface area contributed by atoms with Gasteiger partial charge in [-0.2, -0.15) is 0 Å². The van der Waals surface area contributed by atoms with Crippen molar-refractivity contribution in [3.63, 3.8) is 0 Å². The summed E-state index contributed by atoms with van der Waals surface area (Å²) in [6, 6.07) is 0. The summed E-state index contributed by atoms with van der Waals surface area (Å²) in [7, 11) is 0. The second-order valence-electron chi connectivity index (χ2n) is 3.74. The smallest absolute Gasteiger partial charge is 0.407 e. The number of amides is 1. The molecule has 84 valence electrons. The summed E-state index contributed by atoms with van der Waals surface area (Å²) in [5.41, 5.74) is 0. The van der Waals surface area contributed by atoms with Crippen LogP contribution in [0.5, 0.6) is 0 Å². The van der Waals surface area contributed by atoms with E-state index in [4.69, 9.17) is 4.74 Å². The number of hydrogen-bond donors (Lipinski definition) is 1. The molecule has 0 fully saturated rings. The molecule has 0 aromatic rings. The zero-order valence-electron chi connectivity index (χ0n) is 9.34. The van der Waals surface area contributed by atoms with Crippen LogP contribution in [0.3, 0.4) is 0 Å². The van der Waals surface area contributed by atoms with E-state index in [-0.39, 0.29) is 12.2 Å². The second-order valence-corrected chi connectivity index (χ2v) is 3.74. The zero-order chi connectivity index (χ0) is 10.9. The molecule has 1 amide bonds. The van der Waals surface area contributed by atoms with Crippen molar-refractivity contribution in [1.29, 1.82) is 0 Å². The van der Waals surface area contributed by atoms with Gasteiger partial charge in [0.2, 0.25) is 0 Å². The molecule has 0 aromatic carbocycles. The lowest BCUT2D eigenvalue weighted by Crippen LogP contribution is -2.29. The number of ether oxygens (including phenoxy) is 1. The van der Waals surface area contributed by atoms with E-state index in [0.717, 1.165) is 38.5 Å². The van der Waals surface area contributed by atoms with Gasteiger partial charge in [-0.05, 0) is 25.7 Å². The maximum absolute atomic E-state index is 11.3. The summed E-state index contributed by atoms with van der Waals surface area (Å²) in [4.78, 5) is 11.3. The van der Waals surface area contributed by atoms with Crippen molar-refractivity contribution in [3.05, 3.63) is 0 Å². The van der Waals surface area contributed by atoms with Gasteiger partial charge in [0.1, 0.15) is 6.10 Å². The Kier molecular flexibility index (Phi) is 5.69. The predicted molar refractivity (Wildman–Crippen MR) is 59.4 cm³/mol. The third-order valence-corrected chi connectivity index (χ3v) is 2.34. The second kappa shape index (κ2) is 7.17. The minimum atomic E-state index is -0.282. The van der Waals surface area contributed by atoms with Gasteiger partial charge >= 0.3 is 6.09 Å². The molecular formula is C12H19NO2. The SMILES string of the molecule is CCCNC(=O)OC1CCC#CCCC1. The molecule has 0 aliphatic heterocycles. The monoisotopic (exact) mass is 209 g/mol. The first-order valence-corrected chi connectivity index (χ1v) is 5.73. The standard InChI is InChI=1S/C12H19NO2/c1-2-10-13-12(14)15-11-8-6-4-3-5-7-9-11/h11H,2,4,6-10H2,1H3,(H,13,14). The van der Waals surface area contributed by atoms with Crippen LogP contribution >= 0.6 is 0 Å². The van der Waals surface area contributed by atoms with E-state index in [1.165, 1.54) is 0 Å². The molecule has 0 spiro atoms. The third kappa shape index (κ3) is 5.31. The van der Waals surface area contributed by atoms with E-state index in [1.807, 2.05) is 6.92 Å². The minimum Gasteiger partial charge on any atom is -0.446 e. The largest absolute Gasteiger partial charge is 0.446 e. The molecule has 0 saturated heterocycles. The Morgan fingerprint density at radius 3 is 3.00 bits per heavy atom. The van der Waals surface area contributed by atoms with Gasteiger partial charge in [-0.3, -0.25) is 0 Å². The lowest BCUT2D eigenvalue weighted by Gasteiger charge is -2.17. The van der Waals surface area contributed by atoms with Crippen molar-refractivity contribution in [2.75, 3.05) is 6.54 Å². The lowest BCUT2D eigenvalue weighted by atomic mass is 10.0. The predicted octanol–water partition coefficient (Wildman–Crippen LogP) is 2.46. The Bertz CT molecular complexity index is 252. The fraction of sp³-hybridized carbons (Fsp3) is 0.750. The van der Waals surface area contributed by atoms with Gasteiger partial charge in [0.15, 0.2) is 0 Å². The Morgan fingerprint density at radius 2 is 2.20 bits per heavy atom. The molecule has 1 rings (SSSR count). The number of nitrogens with one attached hydrogen (secondary N) is 1. The average molecular weight is 209 g/mol. The van der Waals surface area contributed by atoms with Gasteiger partial charge in [0.25, 0.3) is 0 Å². The number of carbonyl (C=O) groups excluding carboxylic acids is 1. The molecule has 0 heterocycles. The molecule has 3 heteroatoms. The van der Waals surface area contributed by atoms with Crippen LogP contribution in [0, 0.1) is 11.8 Å². The first-order chi connectivity index (χ1) is 7.33. The van der Waals surface area contributed by atoms with E-state index in [9.17, 15) is 4.79 Å². The van der Waals surface area contributed by atoms with E-state index in [2.05, 4.69) is 17.2 Å². The minimum absolute atomic E-state index is 0.0523. The van der Waals surface area contributed by atoms with E-state index < -0.39 is 0 Å². The van der Waals surface area contributed by atoms with Gasteiger partial charge in [0, 0.05) is 19.4 Å². The number of hydrogen-bond acceptors (Lipinski definition) is 2. The van der Waals surface area contributed by atoms with Crippen molar-refractivity contribution < 1.29 is 9.53 Å². The van der Waals surface area contributed by atoms with Gasteiger partial charge in [0.05, 0.1) is 0 Å². The Labute approximate surface area is 91.6 Å². The highest BCUT2D eigenvalue weighted by Gasteiger charge is 2.13. The molecule has 0 aromatic heterocycles. The maximum Gasteiger partial charge on any atom is 0.407 e. The number of rotatable bonds is 3. The van der Waals surface area contributed by atoms with Gasteiger partial charge < -0.3 is 10.1 Å². The van der Waals surface area contributed by atoms with E-state index in [1.54, 1.807) is 0 Å². The first kappa shape index (κ1) is 11.9. The van der Waals surface area contributed by atoms with Crippen LogP contribution in [0.25, 0.3) is 0 Å².